The quantitative estimate of drug-likeness (QED) is 0.454. The van der Waals surface area contributed by atoms with Gasteiger partial charge in [-0.2, -0.15) is 5.26 Å². The average molecular weight is 404 g/mol. The third kappa shape index (κ3) is 3.63. The molecule has 1 heterocycles. The first-order valence-electron chi connectivity index (χ1n) is 9.00. The van der Waals surface area contributed by atoms with Gasteiger partial charge in [0.25, 0.3) is 0 Å². The Hall–Kier alpha value is -3.49. The van der Waals surface area contributed by atoms with Gasteiger partial charge >= 0.3 is 0 Å². The Labute approximate surface area is 173 Å². The number of rotatable bonds is 5. The molecule has 5 nitrogen and oxygen atoms in total. The largest absolute Gasteiger partial charge is 0.493 e. The van der Waals surface area contributed by atoms with Crippen LogP contribution in [0.3, 0.4) is 0 Å². The van der Waals surface area contributed by atoms with Crippen LogP contribution in [0.1, 0.15) is 11.1 Å². The van der Waals surface area contributed by atoms with E-state index in [4.69, 9.17) is 26.1 Å². The van der Waals surface area contributed by atoms with E-state index in [9.17, 15) is 5.26 Å². The van der Waals surface area contributed by atoms with Gasteiger partial charge in [0.15, 0.2) is 11.5 Å². The molecule has 0 radical (unpaired) electrons. The molecular formula is C23H18ClN3O2. The summed E-state index contributed by atoms with van der Waals surface area (Å²) in [4.78, 5) is 4.83. The lowest BCUT2D eigenvalue weighted by Gasteiger charge is -2.12. The maximum atomic E-state index is 9.25. The first kappa shape index (κ1) is 18.9. The fraction of sp³-hybridized carbons (Fsp3) is 0.130. The number of nitriles is 1. The third-order valence-corrected chi connectivity index (χ3v) is 5.02. The Balaban J connectivity index is 1.90. The van der Waals surface area contributed by atoms with Gasteiger partial charge in [-0.05, 0) is 54.1 Å². The summed E-state index contributed by atoms with van der Waals surface area (Å²) in [5, 5.41) is 9.95. The van der Waals surface area contributed by atoms with E-state index in [1.165, 1.54) is 0 Å². The molecule has 6 heteroatoms. The van der Waals surface area contributed by atoms with Crippen LogP contribution >= 0.6 is 11.6 Å². The molecule has 0 saturated carbocycles. The lowest BCUT2D eigenvalue weighted by molar-refractivity contribution is 0.355. The molecule has 4 rings (SSSR count). The molecule has 0 aliphatic rings. The van der Waals surface area contributed by atoms with Crippen LogP contribution in [0.4, 0.5) is 0 Å². The van der Waals surface area contributed by atoms with Crippen LogP contribution in [-0.4, -0.2) is 23.8 Å². The fourth-order valence-corrected chi connectivity index (χ4v) is 3.45. The molecule has 0 unspecified atom stereocenters. The van der Waals surface area contributed by atoms with Gasteiger partial charge in [-0.3, -0.25) is 0 Å². The predicted molar refractivity (Wildman–Crippen MR) is 114 cm³/mol. The first-order valence-corrected chi connectivity index (χ1v) is 9.38. The van der Waals surface area contributed by atoms with E-state index in [-0.39, 0.29) is 0 Å². The number of ether oxygens (including phenoxy) is 2. The minimum Gasteiger partial charge on any atom is -0.493 e. The number of benzene rings is 3. The topological polar surface area (TPSA) is 60.1 Å². The normalized spacial score (nSPS) is 10.7. The lowest BCUT2D eigenvalue weighted by Crippen LogP contribution is -2.02. The van der Waals surface area contributed by atoms with Crippen molar-refractivity contribution in [3.05, 3.63) is 76.8 Å². The summed E-state index contributed by atoms with van der Waals surface area (Å²) >= 11 is 6.04. The number of halogens is 1. The number of imidazole rings is 1. The highest BCUT2D eigenvalue weighted by molar-refractivity contribution is 6.30. The zero-order chi connectivity index (χ0) is 20.4. The maximum absolute atomic E-state index is 9.25. The number of hydrogen-bond acceptors (Lipinski definition) is 4. The summed E-state index contributed by atoms with van der Waals surface area (Å²) in [5.41, 5.74) is 4.28. The number of hydrogen-bond donors (Lipinski definition) is 0. The lowest BCUT2D eigenvalue weighted by atomic mass is 10.1. The van der Waals surface area contributed by atoms with Crippen LogP contribution in [0.25, 0.3) is 22.4 Å². The van der Waals surface area contributed by atoms with Crippen molar-refractivity contribution in [3.8, 4) is 29.0 Å². The monoisotopic (exact) mass is 403 g/mol. The summed E-state index contributed by atoms with van der Waals surface area (Å²) in [7, 11) is 3.22. The highest BCUT2D eigenvalue weighted by Gasteiger charge is 2.16. The smallest absolute Gasteiger partial charge is 0.161 e. The average Bonchev–Trinajstić information content (AvgIpc) is 3.12. The molecule has 0 aliphatic carbocycles. The van der Waals surface area contributed by atoms with E-state index >= 15 is 0 Å². The van der Waals surface area contributed by atoms with Gasteiger partial charge in [0.2, 0.25) is 0 Å². The molecule has 29 heavy (non-hydrogen) atoms. The third-order valence-electron chi connectivity index (χ3n) is 4.77. The van der Waals surface area contributed by atoms with Crippen molar-refractivity contribution in [2.45, 2.75) is 6.54 Å². The predicted octanol–water partition coefficient (Wildman–Crippen LogP) is 5.29. The summed E-state index contributed by atoms with van der Waals surface area (Å²) in [5.74, 6) is 2.07. The van der Waals surface area contributed by atoms with Gasteiger partial charge in [0.1, 0.15) is 5.82 Å². The second-order valence-electron chi connectivity index (χ2n) is 6.53. The van der Waals surface area contributed by atoms with Crippen LogP contribution < -0.4 is 9.47 Å². The van der Waals surface area contributed by atoms with Crippen LogP contribution in [0, 0.1) is 11.3 Å². The Morgan fingerprint density at radius 1 is 0.966 bits per heavy atom. The summed E-state index contributed by atoms with van der Waals surface area (Å²) in [6, 6.07) is 21.2. The van der Waals surface area contributed by atoms with Crippen molar-refractivity contribution >= 4 is 22.6 Å². The number of fused-ring (bicyclic) bond motifs is 1. The molecule has 0 N–H and O–H groups in total. The molecule has 0 spiro atoms. The van der Waals surface area contributed by atoms with E-state index < -0.39 is 0 Å². The Morgan fingerprint density at radius 2 is 1.72 bits per heavy atom. The molecular weight excluding hydrogens is 386 g/mol. The molecule has 0 fully saturated rings. The van der Waals surface area contributed by atoms with Crippen LogP contribution in [0.5, 0.6) is 11.5 Å². The molecule has 0 bridgehead atoms. The van der Waals surface area contributed by atoms with Crippen LogP contribution in [-0.2, 0) is 6.54 Å². The second-order valence-corrected chi connectivity index (χ2v) is 6.97. The van der Waals surface area contributed by atoms with Crippen molar-refractivity contribution in [1.82, 2.24) is 9.55 Å². The van der Waals surface area contributed by atoms with Gasteiger partial charge in [-0.25, -0.2) is 4.98 Å². The molecule has 1 aromatic heterocycles. The zero-order valence-corrected chi connectivity index (χ0v) is 16.8. The standard InChI is InChI=1S/C23H18ClN3O2/c1-28-21-10-6-17(12-22(21)29-2)23-26-19-11-16(13-25)5-9-20(19)27(23)14-15-3-7-18(24)8-4-15/h3-12H,14H2,1-2H3. The van der Waals surface area contributed by atoms with Crippen molar-refractivity contribution in [1.29, 1.82) is 5.26 Å². The molecule has 4 aromatic rings. The minimum absolute atomic E-state index is 0.576. The summed E-state index contributed by atoms with van der Waals surface area (Å²) in [6.07, 6.45) is 0. The second kappa shape index (κ2) is 7.86. The zero-order valence-electron chi connectivity index (χ0n) is 16.0. The summed E-state index contributed by atoms with van der Waals surface area (Å²) in [6.45, 7) is 0.614. The van der Waals surface area contributed by atoms with Crippen molar-refractivity contribution in [3.63, 3.8) is 0 Å². The van der Waals surface area contributed by atoms with E-state index in [1.807, 2.05) is 48.5 Å². The number of methoxy groups -OCH3 is 2. The van der Waals surface area contributed by atoms with Crippen molar-refractivity contribution < 1.29 is 9.47 Å². The Morgan fingerprint density at radius 3 is 2.41 bits per heavy atom. The van der Waals surface area contributed by atoms with Crippen molar-refractivity contribution in [2.75, 3.05) is 14.2 Å². The number of nitrogens with zero attached hydrogens (tertiary/aromatic N) is 3. The highest BCUT2D eigenvalue weighted by atomic mass is 35.5. The van der Waals surface area contributed by atoms with Gasteiger partial charge in [0, 0.05) is 17.1 Å². The van der Waals surface area contributed by atoms with Gasteiger partial charge < -0.3 is 14.0 Å². The molecule has 144 valence electrons. The van der Waals surface area contributed by atoms with E-state index in [1.54, 1.807) is 26.4 Å². The van der Waals surface area contributed by atoms with E-state index in [0.29, 0.717) is 28.6 Å². The van der Waals surface area contributed by atoms with Gasteiger partial charge in [-0.15, -0.1) is 0 Å². The molecule has 0 saturated heterocycles. The van der Waals surface area contributed by atoms with Gasteiger partial charge in [-0.1, -0.05) is 23.7 Å². The molecule has 0 aliphatic heterocycles. The first-order chi connectivity index (χ1) is 14.1. The van der Waals surface area contributed by atoms with Crippen molar-refractivity contribution in [2.24, 2.45) is 0 Å². The van der Waals surface area contributed by atoms with Gasteiger partial charge in [0.05, 0.1) is 36.9 Å². The van der Waals surface area contributed by atoms with E-state index in [0.717, 1.165) is 28.0 Å². The molecule has 0 amide bonds. The highest BCUT2D eigenvalue weighted by Crippen LogP contribution is 2.34. The van der Waals surface area contributed by atoms with Crippen LogP contribution in [0.2, 0.25) is 5.02 Å². The Kier molecular flexibility index (Phi) is 5.11. The number of aromatic nitrogens is 2. The fourth-order valence-electron chi connectivity index (χ4n) is 3.33. The van der Waals surface area contributed by atoms with Crippen LogP contribution in [0.15, 0.2) is 60.7 Å². The SMILES string of the molecule is COc1ccc(-c2nc3cc(C#N)ccc3n2Cc2ccc(Cl)cc2)cc1OC. The Bertz CT molecular complexity index is 1220. The summed E-state index contributed by atoms with van der Waals surface area (Å²) < 4.78 is 12.9. The minimum atomic E-state index is 0.576. The molecule has 3 aromatic carbocycles. The maximum Gasteiger partial charge on any atom is 0.161 e. The molecule has 0 atom stereocenters. The van der Waals surface area contributed by atoms with E-state index in [2.05, 4.69) is 10.6 Å².